The Morgan fingerprint density at radius 1 is 1.18 bits per heavy atom. The number of hydrogen-bond donors (Lipinski definition) is 2. The summed E-state index contributed by atoms with van der Waals surface area (Å²) in [6.45, 7) is 11.6. The first-order valence-corrected chi connectivity index (χ1v) is 8.28. The Bertz CT molecular complexity index is 285. The third-order valence-corrected chi connectivity index (χ3v) is 3.53. The summed E-state index contributed by atoms with van der Waals surface area (Å²) in [4.78, 5) is 6.47. The molecule has 0 fully saturated rings. The summed E-state index contributed by atoms with van der Waals surface area (Å²) in [6.07, 6.45) is 1.29. The number of hydrogen-bond acceptors (Lipinski definition) is 4. The molecule has 6 nitrogen and oxygen atoms in total. The van der Waals surface area contributed by atoms with E-state index in [-0.39, 0.29) is 0 Å². The van der Waals surface area contributed by atoms with Crippen LogP contribution in [0.2, 0.25) is 0 Å². The molecular formula is C16H36N4O2. The van der Waals surface area contributed by atoms with Crippen molar-refractivity contribution in [1.82, 2.24) is 15.5 Å². The van der Waals surface area contributed by atoms with Crippen LogP contribution in [-0.4, -0.2) is 77.6 Å². The van der Waals surface area contributed by atoms with E-state index in [2.05, 4.69) is 41.4 Å². The third-order valence-electron chi connectivity index (χ3n) is 3.53. The number of rotatable bonds is 12. The molecule has 6 heteroatoms. The van der Waals surface area contributed by atoms with Crippen molar-refractivity contribution < 1.29 is 9.47 Å². The van der Waals surface area contributed by atoms with Crippen LogP contribution in [0.5, 0.6) is 0 Å². The number of nitrogens with zero attached hydrogens (tertiary/aromatic N) is 2. The predicted molar refractivity (Wildman–Crippen MR) is 93.6 cm³/mol. The van der Waals surface area contributed by atoms with Gasteiger partial charge in [-0.1, -0.05) is 13.8 Å². The number of likely N-dealkylation sites (N-methyl/N-ethyl adjacent to an activating group) is 1. The molecule has 0 aromatic carbocycles. The first kappa shape index (κ1) is 21.1. The van der Waals surface area contributed by atoms with Crippen LogP contribution >= 0.6 is 0 Å². The molecule has 2 N–H and O–H groups in total. The average molecular weight is 316 g/mol. The van der Waals surface area contributed by atoms with E-state index < -0.39 is 0 Å². The molecule has 0 bridgehead atoms. The number of aliphatic imine (C=N–C) groups is 1. The van der Waals surface area contributed by atoms with Crippen LogP contribution in [0.3, 0.4) is 0 Å². The minimum Gasteiger partial charge on any atom is -0.383 e. The molecule has 0 amide bonds. The number of methoxy groups -OCH3 is 1. The average Bonchev–Trinajstić information content (AvgIpc) is 2.50. The second-order valence-corrected chi connectivity index (χ2v) is 5.75. The van der Waals surface area contributed by atoms with Gasteiger partial charge in [0.05, 0.1) is 12.7 Å². The highest BCUT2D eigenvalue weighted by Gasteiger charge is 2.12. The van der Waals surface area contributed by atoms with Gasteiger partial charge in [0.15, 0.2) is 5.96 Å². The van der Waals surface area contributed by atoms with Crippen molar-refractivity contribution in [3.05, 3.63) is 0 Å². The molecule has 0 rings (SSSR count). The van der Waals surface area contributed by atoms with Crippen molar-refractivity contribution in [1.29, 1.82) is 0 Å². The number of ether oxygens (including phenoxy) is 2. The van der Waals surface area contributed by atoms with Crippen molar-refractivity contribution >= 4 is 5.96 Å². The maximum atomic E-state index is 5.75. The van der Waals surface area contributed by atoms with E-state index in [1.54, 1.807) is 14.2 Å². The zero-order valence-corrected chi connectivity index (χ0v) is 15.3. The van der Waals surface area contributed by atoms with Crippen LogP contribution in [-0.2, 0) is 9.47 Å². The van der Waals surface area contributed by atoms with Gasteiger partial charge < -0.3 is 25.0 Å². The predicted octanol–water partition coefficient (Wildman–Crippen LogP) is 1.18. The Labute approximate surface area is 136 Å². The van der Waals surface area contributed by atoms with Crippen LogP contribution in [0.4, 0.5) is 0 Å². The molecule has 1 atom stereocenters. The Kier molecular flexibility index (Phi) is 13.3. The van der Waals surface area contributed by atoms with E-state index in [0.717, 1.165) is 51.8 Å². The summed E-state index contributed by atoms with van der Waals surface area (Å²) in [5, 5.41) is 6.67. The molecule has 0 saturated carbocycles. The van der Waals surface area contributed by atoms with E-state index in [1.807, 2.05) is 6.92 Å². The molecular weight excluding hydrogens is 280 g/mol. The van der Waals surface area contributed by atoms with Crippen LogP contribution < -0.4 is 10.6 Å². The largest absolute Gasteiger partial charge is 0.383 e. The molecule has 22 heavy (non-hydrogen) atoms. The maximum absolute atomic E-state index is 5.75. The molecule has 0 radical (unpaired) electrons. The molecule has 0 aliphatic heterocycles. The fourth-order valence-electron chi connectivity index (χ4n) is 2.10. The molecule has 0 saturated heterocycles. The first-order chi connectivity index (χ1) is 10.5. The minimum atomic E-state index is 0.302. The Morgan fingerprint density at radius 3 is 2.41 bits per heavy atom. The van der Waals surface area contributed by atoms with Crippen LogP contribution in [0.25, 0.3) is 0 Å². The van der Waals surface area contributed by atoms with E-state index in [1.165, 1.54) is 0 Å². The van der Waals surface area contributed by atoms with Crippen molar-refractivity contribution in [2.45, 2.75) is 33.3 Å². The number of nitrogens with one attached hydrogen (secondary N) is 2. The van der Waals surface area contributed by atoms with E-state index >= 15 is 0 Å². The topological polar surface area (TPSA) is 58.1 Å². The normalized spacial score (nSPS) is 13.7. The van der Waals surface area contributed by atoms with Gasteiger partial charge in [0, 0.05) is 46.9 Å². The fourth-order valence-corrected chi connectivity index (χ4v) is 2.10. The van der Waals surface area contributed by atoms with Gasteiger partial charge in [0.2, 0.25) is 0 Å². The highest BCUT2D eigenvalue weighted by atomic mass is 16.5. The second kappa shape index (κ2) is 13.8. The summed E-state index contributed by atoms with van der Waals surface area (Å²) >= 11 is 0. The van der Waals surface area contributed by atoms with Gasteiger partial charge in [-0.2, -0.15) is 0 Å². The summed E-state index contributed by atoms with van der Waals surface area (Å²) in [7, 11) is 5.61. The molecule has 0 aliphatic carbocycles. The molecule has 0 aliphatic rings. The lowest BCUT2D eigenvalue weighted by Gasteiger charge is -2.22. The zero-order chi connectivity index (χ0) is 16.8. The van der Waals surface area contributed by atoms with Crippen molar-refractivity contribution in [3.63, 3.8) is 0 Å². The van der Waals surface area contributed by atoms with Crippen LogP contribution in [0.1, 0.15) is 27.2 Å². The van der Waals surface area contributed by atoms with E-state index in [0.29, 0.717) is 12.0 Å². The Morgan fingerprint density at radius 2 is 1.86 bits per heavy atom. The van der Waals surface area contributed by atoms with Crippen molar-refractivity contribution in [3.8, 4) is 0 Å². The van der Waals surface area contributed by atoms with Crippen molar-refractivity contribution in [2.24, 2.45) is 10.9 Å². The van der Waals surface area contributed by atoms with Gasteiger partial charge in [0.1, 0.15) is 0 Å². The minimum absolute atomic E-state index is 0.302. The van der Waals surface area contributed by atoms with Gasteiger partial charge in [-0.05, 0) is 26.3 Å². The lowest BCUT2D eigenvalue weighted by Crippen LogP contribution is -2.42. The van der Waals surface area contributed by atoms with E-state index in [4.69, 9.17) is 9.47 Å². The van der Waals surface area contributed by atoms with Gasteiger partial charge in [0.25, 0.3) is 0 Å². The highest BCUT2D eigenvalue weighted by molar-refractivity contribution is 5.79. The first-order valence-electron chi connectivity index (χ1n) is 8.28. The smallest absolute Gasteiger partial charge is 0.191 e. The standard InChI is InChI=1S/C16H36N4O2/c1-7-22-15(14(2)3)8-9-18-16(17-4)19-10-11-20(5)12-13-21-6/h14-15H,7-13H2,1-6H3,(H2,17,18,19). The summed E-state index contributed by atoms with van der Waals surface area (Å²) in [6, 6.07) is 0. The molecule has 0 aromatic heterocycles. The van der Waals surface area contributed by atoms with Crippen LogP contribution in [0, 0.1) is 5.92 Å². The van der Waals surface area contributed by atoms with Gasteiger partial charge >= 0.3 is 0 Å². The molecule has 132 valence electrons. The fraction of sp³-hybridized carbons (Fsp3) is 0.938. The SMILES string of the molecule is CCOC(CCNC(=NC)NCCN(C)CCOC)C(C)C. The molecule has 0 spiro atoms. The lowest BCUT2D eigenvalue weighted by molar-refractivity contribution is 0.0258. The number of guanidine groups is 1. The van der Waals surface area contributed by atoms with Gasteiger partial charge in [-0.15, -0.1) is 0 Å². The Balaban J connectivity index is 3.88. The molecule has 0 heterocycles. The monoisotopic (exact) mass is 316 g/mol. The van der Waals surface area contributed by atoms with Crippen molar-refractivity contribution in [2.75, 3.05) is 60.6 Å². The third kappa shape index (κ3) is 10.8. The summed E-state index contributed by atoms with van der Waals surface area (Å²) < 4.78 is 10.8. The summed E-state index contributed by atoms with van der Waals surface area (Å²) in [5.41, 5.74) is 0. The van der Waals surface area contributed by atoms with E-state index in [9.17, 15) is 0 Å². The Hall–Kier alpha value is -0.850. The quantitative estimate of drug-likeness (QED) is 0.418. The molecule has 1 unspecified atom stereocenters. The van der Waals surface area contributed by atoms with Gasteiger partial charge in [-0.3, -0.25) is 4.99 Å². The maximum Gasteiger partial charge on any atom is 0.191 e. The lowest BCUT2D eigenvalue weighted by atomic mass is 10.0. The second-order valence-electron chi connectivity index (χ2n) is 5.75. The summed E-state index contributed by atoms with van der Waals surface area (Å²) in [5.74, 6) is 1.38. The zero-order valence-electron chi connectivity index (χ0n) is 15.3. The molecule has 0 aromatic rings. The van der Waals surface area contributed by atoms with Gasteiger partial charge in [-0.25, -0.2) is 0 Å². The highest BCUT2D eigenvalue weighted by Crippen LogP contribution is 2.09. The van der Waals surface area contributed by atoms with Crippen LogP contribution in [0.15, 0.2) is 4.99 Å².